The number of aryl methyl sites for hydroxylation is 1. The number of hydrogen-bond acceptors (Lipinski definition) is 4. The molecule has 0 bridgehead atoms. The average Bonchev–Trinajstić information content (AvgIpc) is 2.58. The summed E-state index contributed by atoms with van der Waals surface area (Å²) in [6, 6.07) is 11.1. The highest BCUT2D eigenvalue weighted by Crippen LogP contribution is 2.23. The van der Waals surface area contributed by atoms with Gasteiger partial charge in [-0.25, -0.2) is 8.42 Å². The van der Waals surface area contributed by atoms with E-state index < -0.39 is 10.0 Å². The van der Waals surface area contributed by atoms with Crippen molar-refractivity contribution < 1.29 is 13.2 Å². The van der Waals surface area contributed by atoms with E-state index in [2.05, 4.69) is 10.0 Å². The summed E-state index contributed by atoms with van der Waals surface area (Å²) in [4.78, 5) is 14.1. The highest BCUT2D eigenvalue weighted by atomic mass is 35.5. The summed E-state index contributed by atoms with van der Waals surface area (Å²) in [6.07, 6.45) is 0. The lowest BCUT2D eigenvalue weighted by molar-refractivity contribution is 0.0796. The fourth-order valence-corrected chi connectivity index (χ4v) is 3.90. The molecule has 0 aliphatic carbocycles. The summed E-state index contributed by atoms with van der Waals surface area (Å²) in [5.41, 5.74) is 1.23. The maximum Gasteiger partial charge on any atom is 0.262 e. The second-order valence-electron chi connectivity index (χ2n) is 5.93. The predicted molar refractivity (Wildman–Crippen MR) is 104 cm³/mol. The van der Waals surface area contributed by atoms with Gasteiger partial charge in [-0.15, -0.1) is 0 Å². The van der Waals surface area contributed by atoms with E-state index >= 15 is 0 Å². The zero-order valence-electron chi connectivity index (χ0n) is 14.9. The molecule has 2 aromatic rings. The van der Waals surface area contributed by atoms with Crippen molar-refractivity contribution in [2.45, 2.75) is 11.8 Å². The van der Waals surface area contributed by atoms with Crippen molar-refractivity contribution >= 4 is 33.2 Å². The lowest BCUT2D eigenvalue weighted by Gasteiger charge is -2.18. The van der Waals surface area contributed by atoms with Crippen LogP contribution >= 0.6 is 11.6 Å². The molecule has 0 fully saturated rings. The molecule has 2 rings (SSSR count). The molecule has 6 nitrogen and oxygen atoms in total. The Morgan fingerprint density at radius 2 is 1.92 bits per heavy atom. The van der Waals surface area contributed by atoms with Crippen LogP contribution in [-0.4, -0.2) is 46.4 Å². The zero-order chi connectivity index (χ0) is 19.3. The van der Waals surface area contributed by atoms with Gasteiger partial charge in [0.1, 0.15) is 0 Å². The number of sulfonamides is 1. The monoisotopic (exact) mass is 395 g/mol. The molecule has 0 atom stereocenters. The number of hydrogen-bond donors (Lipinski definition) is 2. The minimum atomic E-state index is -3.85. The third kappa shape index (κ3) is 4.97. The Balaban J connectivity index is 2.32. The number of likely N-dealkylation sites (N-methyl/N-ethyl adjacent to an activating group) is 2. The fraction of sp³-hybridized carbons (Fsp3) is 0.278. The number of rotatable bonds is 7. The van der Waals surface area contributed by atoms with Gasteiger partial charge in [0.25, 0.3) is 15.9 Å². The van der Waals surface area contributed by atoms with Crippen LogP contribution in [0.1, 0.15) is 15.9 Å². The Bertz CT molecular complexity index is 900. The number of anilines is 1. The van der Waals surface area contributed by atoms with Gasteiger partial charge in [0, 0.05) is 30.7 Å². The first-order chi connectivity index (χ1) is 12.2. The van der Waals surface area contributed by atoms with E-state index in [1.807, 2.05) is 0 Å². The van der Waals surface area contributed by atoms with Crippen LogP contribution in [-0.2, 0) is 10.0 Å². The summed E-state index contributed by atoms with van der Waals surface area (Å²) in [5.74, 6) is -0.237. The van der Waals surface area contributed by atoms with Gasteiger partial charge in [-0.05, 0) is 49.9 Å². The molecular weight excluding hydrogens is 374 g/mol. The van der Waals surface area contributed by atoms with Gasteiger partial charge in [0.05, 0.1) is 10.6 Å². The van der Waals surface area contributed by atoms with Gasteiger partial charge in [-0.1, -0.05) is 23.7 Å². The second-order valence-corrected chi connectivity index (χ2v) is 8.01. The van der Waals surface area contributed by atoms with E-state index in [-0.39, 0.29) is 10.8 Å². The Morgan fingerprint density at radius 1 is 1.19 bits per heavy atom. The third-order valence-corrected chi connectivity index (χ3v) is 5.60. The zero-order valence-corrected chi connectivity index (χ0v) is 16.5. The summed E-state index contributed by atoms with van der Waals surface area (Å²) in [7, 11) is -0.371. The van der Waals surface area contributed by atoms with Gasteiger partial charge < -0.3 is 10.2 Å². The number of carbonyl (C=O) groups is 1. The van der Waals surface area contributed by atoms with Gasteiger partial charge in [0.2, 0.25) is 0 Å². The first kappa shape index (κ1) is 20.2. The molecule has 0 saturated heterocycles. The van der Waals surface area contributed by atoms with Crippen molar-refractivity contribution in [1.82, 2.24) is 10.2 Å². The Kier molecular flexibility index (Phi) is 6.63. The molecule has 0 aliphatic rings. The van der Waals surface area contributed by atoms with Crippen molar-refractivity contribution in [3.8, 4) is 0 Å². The van der Waals surface area contributed by atoms with Crippen molar-refractivity contribution in [2.24, 2.45) is 0 Å². The van der Waals surface area contributed by atoms with Gasteiger partial charge >= 0.3 is 0 Å². The molecule has 2 aromatic carbocycles. The molecule has 140 valence electrons. The molecule has 0 spiro atoms. The van der Waals surface area contributed by atoms with E-state index in [1.54, 1.807) is 56.3 Å². The lowest BCUT2D eigenvalue weighted by Crippen LogP contribution is -2.33. The second kappa shape index (κ2) is 8.53. The van der Waals surface area contributed by atoms with E-state index in [0.29, 0.717) is 34.9 Å². The number of nitrogens with zero attached hydrogens (tertiary/aromatic N) is 1. The highest BCUT2D eigenvalue weighted by Gasteiger charge is 2.20. The summed E-state index contributed by atoms with van der Waals surface area (Å²) >= 11 is 5.90. The van der Waals surface area contributed by atoms with E-state index in [4.69, 9.17) is 11.6 Å². The molecular formula is C18H22ClN3O3S. The minimum absolute atomic E-state index is 0.0605. The maximum absolute atomic E-state index is 12.8. The van der Waals surface area contributed by atoms with Crippen LogP contribution in [0.2, 0.25) is 5.02 Å². The van der Waals surface area contributed by atoms with Gasteiger partial charge in [-0.3, -0.25) is 9.52 Å². The molecule has 1 amide bonds. The molecule has 26 heavy (non-hydrogen) atoms. The third-order valence-electron chi connectivity index (χ3n) is 3.85. The molecule has 0 aliphatic heterocycles. The number of benzene rings is 2. The molecule has 0 saturated carbocycles. The molecule has 0 radical (unpaired) electrons. The van der Waals surface area contributed by atoms with Crippen LogP contribution in [0, 0.1) is 6.92 Å². The van der Waals surface area contributed by atoms with Gasteiger partial charge in [-0.2, -0.15) is 0 Å². The lowest BCUT2D eigenvalue weighted by atomic mass is 10.1. The Morgan fingerprint density at radius 3 is 2.58 bits per heavy atom. The molecule has 2 N–H and O–H groups in total. The Labute approximate surface area is 159 Å². The summed E-state index contributed by atoms with van der Waals surface area (Å²) in [6.45, 7) is 2.85. The normalized spacial score (nSPS) is 11.2. The Hall–Kier alpha value is -2.09. The van der Waals surface area contributed by atoms with Gasteiger partial charge in [0.15, 0.2) is 0 Å². The smallest absolute Gasteiger partial charge is 0.262 e. The average molecular weight is 396 g/mol. The predicted octanol–water partition coefficient (Wildman–Crippen LogP) is 2.74. The molecule has 8 heteroatoms. The first-order valence-electron chi connectivity index (χ1n) is 8.03. The highest BCUT2D eigenvalue weighted by molar-refractivity contribution is 7.92. The van der Waals surface area contributed by atoms with Crippen LogP contribution in [0.5, 0.6) is 0 Å². The van der Waals surface area contributed by atoms with E-state index in [0.717, 1.165) is 0 Å². The van der Waals surface area contributed by atoms with E-state index in [9.17, 15) is 13.2 Å². The molecule has 0 aromatic heterocycles. The quantitative estimate of drug-likeness (QED) is 0.755. The van der Waals surface area contributed by atoms with Crippen molar-refractivity contribution in [2.75, 3.05) is 31.9 Å². The van der Waals surface area contributed by atoms with Crippen LogP contribution in [0.15, 0.2) is 47.4 Å². The molecule has 0 heterocycles. The van der Waals surface area contributed by atoms with E-state index in [1.165, 1.54) is 12.1 Å². The number of nitrogens with one attached hydrogen (secondary N) is 2. The topological polar surface area (TPSA) is 78.5 Å². The summed E-state index contributed by atoms with van der Waals surface area (Å²) in [5, 5.41) is 3.40. The van der Waals surface area contributed by atoms with Crippen LogP contribution < -0.4 is 10.0 Å². The number of carbonyl (C=O) groups excluding carboxylic acids is 1. The van der Waals surface area contributed by atoms with Crippen molar-refractivity contribution in [1.29, 1.82) is 0 Å². The SMILES string of the molecule is CNCCN(C)C(=O)c1ccc(C)c(S(=O)(=O)Nc2cccc(Cl)c2)c1. The maximum atomic E-state index is 12.8. The summed E-state index contributed by atoms with van der Waals surface area (Å²) < 4.78 is 28.0. The van der Waals surface area contributed by atoms with Crippen molar-refractivity contribution in [3.05, 3.63) is 58.6 Å². The van der Waals surface area contributed by atoms with Crippen LogP contribution in [0.25, 0.3) is 0 Å². The number of halogens is 1. The number of amides is 1. The minimum Gasteiger partial charge on any atom is -0.340 e. The van der Waals surface area contributed by atoms with Crippen LogP contribution in [0.4, 0.5) is 5.69 Å². The standard InChI is InChI=1S/C18H22ClN3O3S/c1-13-7-8-14(18(23)22(3)10-9-20-2)11-17(13)26(24,25)21-16-6-4-5-15(19)12-16/h4-8,11-12,20-21H,9-10H2,1-3H3. The first-order valence-corrected chi connectivity index (χ1v) is 9.90. The molecule has 0 unspecified atom stereocenters. The largest absolute Gasteiger partial charge is 0.340 e. The van der Waals surface area contributed by atoms with Crippen LogP contribution in [0.3, 0.4) is 0 Å². The fourth-order valence-electron chi connectivity index (χ4n) is 2.39. The van der Waals surface area contributed by atoms with Crippen molar-refractivity contribution in [3.63, 3.8) is 0 Å².